The number of hydrazine groups is 1. The number of rotatable bonds is 7. The quantitative estimate of drug-likeness (QED) is 0.534. The first-order valence-corrected chi connectivity index (χ1v) is 9.94. The van der Waals surface area contributed by atoms with Crippen molar-refractivity contribution in [2.75, 3.05) is 56.7 Å². The zero-order valence-corrected chi connectivity index (χ0v) is 17.9. The Morgan fingerprint density at radius 3 is 2.63 bits per heavy atom. The van der Waals surface area contributed by atoms with Gasteiger partial charge in [0, 0.05) is 37.8 Å². The van der Waals surface area contributed by atoms with E-state index in [1.165, 1.54) is 0 Å². The van der Waals surface area contributed by atoms with Crippen molar-refractivity contribution in [3.05, 3.63) is 30.0 Å². The number of hydrogen-bond acceptors (Lipinski definition) is 9. The van der Waals surface area contributed by atoms with Gasteiger partial charge < -0.3 is 26.0 Å². The van der Waals surface area contributed by atoms with E-state index in [1.807, 2.05) is 18.9 Å². The fraction of sp³-hybridized carbons (Fsp3) is 0.450. The number of hydrogen-bond donors (Lipinski definition) is 4. The maximum Gasteiger partial charge on any atom is 0.265 e. The van der Waals surface area contributed by atoms with Gasteiger partial charge in [0.1, 0.15) is 5.75 Å². The lowest BCUT2D eigenvalue weighted by molar-refractivity contribution is 0.0662. The fourth-order valence-electron chi connectivity index (χ4n) is 3.02. The number of amides is 1. The van der Waals surface area contributed by atoms with Gasteiger partial charge in [0.2, 0.25) is 5.95 Å². The van der Waals surface area contributed by atoms with Crippen LogP contribution in [0.4, 0.5) is 23.1 Å². The van der Waals surface area contributed by atoms with E-state index in [-0.39, 0.29) is 11.9 Å². The molecular formula is C20H30N8O2. The number of aromatic nitrogens is 2. The Morgan fingerprint density at radius 2 is 1.97 bits per heavy atom. The first-order chi connectivity index (χ1) is 14.4. The molecule has 3 rings (SSSR count). The van der Waals surface area contributed by atoms with Crippen LogP contribution in [-0.4, -0.2) is 72.2 Å². The van der Waals surface area contributed by atoms with Crippen molar-refractivity contribution in [1.29, 1.82) is 0 Å². The number of carbonyl (C=O) groups excluding carboxylic acids is 1. The van der Waals surface area contributed by atoms with Gasteiger partial charge in [-0.3, -0.25) is 10.2 Å². The fourth-order valence-corrected chi connectivity index (χ4v) is 3.02. The molecule has 1 aliphatic heterocycles. The Morgan fingerprint density at radius 1 is 1.23 bits per heavy atom. The highest BCUT2D eigenvalue weighted by atomic mass is 16.5. The lowest BCUT2D eigenvalue weighted by atomic mass is 10.1. The number of piperazine rings is 1. The molecule has 0 aliphatic carbocycles. The van der Waals surface area contributed by atoms with Gasteiger partial charge >= 0.3 is 0 Å². The van der Waals surface area contributed by atoms with Gasteiger partial charge in [-0.05, 0) is 39.1 Å². The predicted octanol–water partition coefficient (Wildman–Crippen LogP) is 1.52. The average Bonchev–Trinajstić information content (AvgIpc) is 2.72. The molecule has 0 atom stereocenters. The minimum Gasteiger partial charge on any atom is -0.495 e. The van der Waals surface area contributed by atoms with E-state index >= 15 is 0 Å². The van der Waals surface area contributed by atoms with Gasteiger partial charge in [-0.1, -0.05) is 0 Å². The second kappa shape index (κ2) is 9.59. The first-order valence-electron chi connectivity index (χ1n) is 9.94. The molecule has 1 amide bonds. The number of nitrogen functional groups attached to an aromatic ring is 1. The van der Waals surface area contributed by atoms with E-state index in [1.54, 1.807) is 31.5 Å². The molecular weight excluding hydrogens is 384 g/mol. The Balaban J connectivity index is 1.72. The molecule has 1 aromatic carbocycles. The highest BCUT2D eigenvalue weighted by molar-refractivity contribution is 5.95. The van der Waals surface area contributed by atoms with E-state index in [0.29, 0.717) is 34.5 Å². The Labute approximate surface area is 176 Å². The van der Waals surface area contributed by atoms with Crippen molar-refractivity contribution in [2.24, 2.45) is 0 Å². The summed E-state index contributed by atoms with van der Waals surface area (Å²) in [5.41, 5.74) is 10.5. The van der Waals surface area contributed by atoms with Crippen LogP contribution in [0.25, 0.3) is 0 Å². The van der Waals surface area contributed by atoms with Gasteiger partial charge in [-0.2, -0.15) is 4.98 Å². The molecule has 162 valence electrons. The standard InChI is InChI=1S/C20H30N8O2/c1-13(2)23-18-15(21)12-22-20(25-18)24-16-6-5-14(11-17(16)30-4)19(29)26-28-9-7-27(3)8-10-28/h5-6,11-13H,7-10,21H2,1-4H3,(H,26,29)(H2,22,23,24,25). The monoisotopic (exact) mass is 414 g/mol. The number of nitrogens with two attached hydrogens (primary N) is 1. The first kappa shape index (κ1) is 21.6. The summed E-state index contributed by atoms with van der Waals surface area (Å²) in [5.74, 6) is 1.28. The summed E-state index contributed by atoms with van der Waals surface area (Å²) < 4.78 is 5.47. The topological polar surface area (TPSA) is 121 Å². The van der Waals surface area contributed by atoms with Crippen molar-refractivity contribution >= 4 is 29.0 Å². The number of ether oxygens (including phenoxy) is 1. The lowest BCUT2D eigenvalue weighted by Gasteiger charge is -2.32. The van der Waals surface area contributed by atoms with E-state index in [9.17, 15) is 4.79 Å². The van der Waals surface area contributed by atoms with Crippen LogP contribution in [0.2, 0.25) is 0 Å². The molecule has 0 saturated carbocycles. The van der Waals surface area contributed by atoms with E-state index in [0.717, 1.165) is 26.2 Å². The summed E-state index contributed by atoms with van der Waals surface area (Å²) in [4.78, 5) is 23.5. The van der Waals surface area contributed by atoms with Crippen molar-refractivity contribution in [3.63, 3.8) is 0 Å². The van der Waals surface area contributed by atoms with Gasteiger partial charge in [-0.25, -0.2) is 9.99 Å². The molecule has 10 heteroatoms. The van der Waals surface area contributed by atoms with Crippen molar-refractivity contribution in [2.45, 2.75) is 19.9 Å². The van der Waals surface area contributed by atoms with E-state index < -0.39 is 0 Å². The molecule has 0 unspecified atom stereocenters. The molecule has 1 aromatic heterocycles. The smallest absolute Gasteiger partial charge is 0.265 e. The largest absolute Gasteiger partial charge is 0.495 e. The third kappa shape index (κ3) is 5.49. The molecule has 0 bridgehead atoms. The molecule has 0 radical (unpaired) electrons. The normalized spacial score (nSPS) is 15.1. The summed E-state index contributed by atoms with van der Waals surface area (Å²) in [6, 6.07) is 5.38. The molecule has 2 aromatic rings. The number of methoxy groups -OCH3 is 1. The zero-order chi connectivity index (χ0) is 21.7. The zero-order valence-electron chi connectivity index (χ0n) is 17.9. The molecule has 0 spiro atoms. The van der Waals surface area contributed by atoms with E-state index in [2.05, 4.69) is 38.0 Å². The van der Waals surface area contributed by atoms with Crippen molar-refractivity contribution in [1.82, 2.24) is 25.3 Å². The van der Waals surface area contributed by atoms with Crippen LogP contribution in [0.5, 0.6) is 5.75 Å². The second-order valence-electron chi connectivity index (χ2n) is 7.57. The average molecular weight is 415 g/mol. The van der Waals surface area contributed by atoms with Gasteiger partial charge in [0.25, 0.3) is 5.91 Å². The predicted molar refractivity (Wildman–Crippen MR) is 118 cm³/mol. The summed E-state index contributed by atoms with van der Waals surface area (Å²) in [6.07, 6.45) is 1.55. The third-order valence-corrected chi connectivity index (χ3v) is 4.72. The molecule has 1 saturated heterocycles. The van der Waals surface area contributed by atoms with Gasteiger partial charge in [0.05, 0.1) is 24.7 Å². The molecule has 30 heavy (non-hydrogen) atoms. The number of anilines is 4. The SMILES string of the molecule is COc1cc(C(=O)NN2CCN(C)CC2)ccc1Nc1ncc(N)c(NC(C)C)n1. The summed E-state index contributed by atoms with van der Waals surface area (Å²) >= 11 is 0. The molecule has 10 nitrogen and oxygen atoms in total. The molecule has 5 N–H and O–H groups in total. The van der Waals surface area contributed by atoms with Crippen LogP contribution in [-0.2, 0) is 0 Å². The number of nitrogens with one attached hydrogen (secondary N) is 3. The molecule has 1 aliphatic rings. The van der Waals surface area contributed by atoms with Crippen LogP contribution < -0.4 is 26.5 Å². The Hall–Kier alpha value is -3.11. The maximum absolute atomic E-state index is 12.6. The Bertz CT molecular complexity index is 881. The van der Waals surface area contributed by atoms with Crippen LogP contribution >= 0.6 is 0 Å². The molecule has 2 heterocycles. The maximum atomic E-state index is 12.6. The summed E-state index contributed by atoms with van der Waals surface area (Å²) in [5, 5.41) is 8.25. The number of benzene rings is 1. The van der Waals surface area contributed by atoms with Crippen LogP contribution in [0, 0.1) is 0 Å². The van der Waals surface area contributed by atoms with Crippen LogP contribution in [0.3, 0.4) is 0 Å². The number of likely N-dealkylation sites (N-methyl/N-ethyl adjacent to an activating group) is 1. The van der Waals surface area contributed by atoms with Crippen molar-refractivity contribution < 1.29 is 9.53 Å². The van der Waals surface area contributed by atoms with Crippen LogP contribution in [0.1, 0.15) is 24.2 Å². The second-order valence-corrected chi connectivity index (χ2v) is 7.57. The number of nitrogens with zero attached hydrogens (tertiary/aromatic N) is 4. The van der Waals surface area contributed by atoms with Gasteiger partial charge in [-0.15, -0.1) is 0 Å². The minimum absolute atomic E-state index is 0.170. The number of carbonyl (C=O) groups is 1. The third-order valence-electron chi connectivity index (χ3n) is 4.72. The highest BCUT2D eigenvalue weighted by Crippen LogP contribution is 2.28. The Kier molecular flexibility index (Phi) is 6.91. The highest BCUT2D eigenvalue weighted by Gasteiger charge is 2.18. The van der Waals surface area contributed by atoms with Crippen molar-refractivity contribution in [3.8, 4) is 5.75 Å². The molecule has 1 fully saturated rings. The lowest BCUT2D eigenvalue weighted by Crippen LogP contribution is -2.52. The van der Waals surface area contributed by atoms with E-state index in [4.69, 9.17) is 10.5 Å². The minimum atomic E-state index is -0.170. The summed E-state index contributed by atoms with van der Waals surface area (Å²) in [6.45, 7) is 7.43. The summed E-state index contributed by atoms with van der Waals surface area (Å²) in [7, 11) is 3.63. The van der Waals surface area contributed by atoms with Crippen LogP contribution in [0.15, 0.2) is 24.4 Å². The van der Waals surface area contributed by atoms with Gasteiger partial charge in [0.15, 0.2) is 5.82 Å².